The predicted molar refractivity (Wildman–Crippen MR) is 77.5 cm³/mol. The Morgan fingerprint density at radius 3 is 2.80 bits per heavy atom. The standard InChI is InChI=1S/C13H14BrN3O3/c1-3-13(2)11(19)17(12(20)16-13)15-7-8-6-9(14)4-5-10(8)18/h4-7,18H,3H2,1-2H3,(H,16,20)/b15-7+/t13-/m0/s1. The molecule has 3 amide bonds. The summed E-state index contributed by atoms with van der Waals surface area (Å²) in [4.78, 5) is 23.8. The monoisotopic (exact) mass is 339 g/mol. The second kappa shape index (κ2) is 5.24. The number of rotatable bonds is 3. The number of nitrogens with one attached hydrogen (secondary N) is 1. The third-order valence-corrected chi connectivity index (χ3v) is 3.74. The molecule has 1 saturated heterocycles. The van der Waals surface area contributed by atoms with Gasteiger partial charge in [-0.25, -0.2) is 4.79 Å². The summed E-state index contributed by atoms with van der Waals surface area (Å²) in [6.07, 6.45) is 1.75. The minimum atomic E-state index is -0.923. The first-order valence-corrected chi connectivity index (χ1v) is 6.86. The molecule has 1 aliphatic heterocycles. The van der Waals surface area contributed by atoms with Gasteiger partial charge in [0.2, 0.25) is 0 Å². The van der Waals surface area contributed by atoms with E-state index in [4.69, 9.17) is 0 Å². The number of phenols is 1. The van der Waals surface area contributed by atoms with Gasteiger partial charge >= 0.3 is 6.03 Å². The molecule has 2 rings (SSSR count). The van der Waals surface area contributed by atoms with Crippen LogP contribution in [-0.4, -0.2) is 33.8 Å². The summed E-state index contributed by atoms with van der Waals surface area (Å²) < 4.78 is 0.757. The lowest BCUT2D eigenvalue weighted by Crippen LogP contribution is -2.42. The van der Waals surface area contributed by atoms with Crippen LogP contribution in [0.5, 0.6) is 5.75 Å². The molecule has 1 aromatic rings. The Balaban J connectivity index is 2.26. The van der Waals surface area contributed by atoms with Crippen molar-refractivity contribution in [2.75, 3.05) is 0 Å². The van der Waals surface area contributed by atoms with E-state index in [9.17, 15) is 14.7 Å². The number of carbonyl (C=O) groups excluding carboxylic acids is 2. The maximum atomic E-state index is 12.1. The van der Waals surface area contributed by atoms with Gasteiger partial charge in [-0.05, 0) is 31.5 Å². The third kappa shape index (κ3) is 2.53. The fraction of sp³-hybridized carbons (Fsp3) is 0.308. The molecule has 7 heteroatoms. The maximum absolute atomic E-state index is 12.1. The predicted octanol–water partition coefficient (Wildman–Crippen LogP) is 2.21. The number of hydrogen-bond donors (Lipinski definition) is 2. The van der Waals surface area contributed by atoms with Gasteiger partial charge in [-0.15, -0.1) is 5.01 Å². The van der Waals surface area contributed by atoms with E-state index in [0.717, 1.165) is 9.48 Å². The van der Waals surface area contributed by atoms with E-state index in [1.807, 2.05) is 6.92 Å². The quantitative estimate of drug-likeness (QED) is 0.654. The second-order valence-corrected chi connectivity index (χ2v) is 5.60. The molecule has 0 spiro atoms. The van der Waals surface area contributed by atoms with Crippen molar-refractivity contribution >= 4 is 34.1 Å². The Morgan fingerprint density at radius 2 is 2.20 bits per heavy atom. The van der Waals surface area contributed by atoms with Gasteiger partial charge in [-0.3, -0.25) is 4.79 Å². The molecule has 1 heterocycles. The zero-order valence-electron chi connectivity index (χ0n) is 11.1. The van der Waals surface area contributed by atoms with Gasteiger partial charge in [0.25, 0.3) is 5.91 Å². The molecule has 0 radical (unpaired) electrons. The molecule has 1 aromatic carbocycles. The van der Waals surface area contributed by atoms with Crippen molar-refractivity contribution in [1.82, 2.24) is 10.3 Å². The second-order valence-electron chi connectivity index (χ2n) is 4.68. The molecule has 1 aliphatic rings. The summed E-state index contributed by atoms with van der Waals surface area (Å²) in [5.74, 6) is -0.391. The van der Waals surface area contributed by atoms with Crippen molar-refractivity contribution < 1.29 is 14.7 Å². The number of benzene rings is 1. The summed E-state index contributed by atoms with van der Waals surface area (Å²) in [7, 11) is 0. The Bertz CT molecular complexity index is 603. The van der Waals surface area contributed by atoms with Gasteiger partial charge in [0.1, 0.15) is 11.3 Å². The smallest absolute Gasteiger partial charge is 0.346 e. The molecule has 0 bridgehead atoms. The number of hydrazone groups is 1. The fourth-order valence-electron chi connectivity index (χ4n) is 1.76. The summed E-state index contributed by atoms with van der Waals surface area (Å²) >= 11 is 3.27. The average Bonchev–Trinajstić information content (AvgIpc) is 2.63. The van der Waals surface area contributed by atoms with Crippen LogP contribution in [-0.2, 0) is 4.79 Å². The number of phenolic OH excluding ortho intramolecular Hbond substituents is 1. The van der Waals surface area contributed by atoms with Gasteiger partial charge in [-0.1, -0.05) is 22.9 Å². The van der Waals surface area contributed by atoms with Crippen molar-refractivity contribution in [1.29, 1.82) is 0 Å². The Morgan fingerprint density at radius 1 is 1.50 bits per heavy atom. The van der Waals surface area contributed by atoms with E-state index < -0.39 is 17.5 Å². The number of carbonyl (C=O) groups is 2. The van der Waals surface area contributed by atoms with Crippen LogP contribution >= 0.6 is 15.9 Å². The Hall–Kier alpha value is -1.89. The van der Waals surface area contributed by atoms with Gasteiger partial charge in [0.15, 0.2) is 0 Å². The van der Waals surface area contributed by atoms with Gasteiger partial charge in [0, 0.05) is 10.0 Å². The summed E-state index contributed by atoms with van der Waals surface area (Å²) in [5, 5.41) is 16.9. The van der Waals surface area contributed by atoms with Crippen LogP contribution in [0, 0.1) is 0 Å². The molecule has 0 unspecified atom stereocenters. The van der Waals surface area contributed by atoms with Crippen LogP contribution in [0.2, 0.25) is 0 Å². The van der Waals surface area contributed by atoms with Crippen LogP contribution in [0.25, 0.3) is 0 Å². The SMILES string of the molecule is CC[C@]1(C)NC(=O)N(/N=C/c2cc(Br)ccc2O)C1=O. The topological polar surface area (TPSA) is 82.0 Å². The molecule has 0 saturated carbocycles. The first-order chi connectivity index (χ1) is 9.37. The molecule has 1 atom stereocenters. The number of amides is 3. The summed E-state index contributed by atoms with van der Waals surface area (Å²) in [6, 6.07) is 4.24. The fourth-order valence-corrected chi connectivity index (χ4v) is 2.14. The van der Waals surface area contributed by atoms with Crippen LogP contribution in [0.3, 0.4) is 0 Å². The minimum absolute atomic E-state index is 0.0160. The van der Waals surface area contributed by atoms with E-state index in [2.05, 4.69) is 26.3 Å². The molecular weight excluding hydrogens is 326 g/mol. The van der Waals surface area contributed by atoms with Crippen LogP contribution in [0.15, 0.2) is 27.8 Å². The number of hydrogen-bond acceptors (Lipinski definition) is 4. The van der Waals surface area contributed by atoms with Crippen LogP contribution in [0.4, 0.5) is 4.79 Å². The first-order valence-electron chi connectivity index (χ1n) is 6.06. The summed E-state index contributed by atoms with van der Waals surface area (Å²) in [5.41, 5.74) is -0.515. The Kier molecular flexibility index (Phi) is 3.80. The van der Waals surface area contributed by atoms with Gasteiger partial charge < -0.3 is 10.4 Å². The molecule has 0 aromatic heterocycles. The molecule has 20 heavy (non-hydrogen) atoms. The number of aromatic hydroxyl groups is 1. The molecular formula is C13H14BrN3O3. The van der Waals surface area contributed by atoms with Crippen molar-refractivity contribution in [2.45, 2.75) is 25.8 Å². The van der Waals surface area contributed by atoms with E-state index in [0.29, 0.717) is 12.0 Å². The van der Waals surface area contributed by atoms with E-state index >= 15 is 0 Å². The number of halogens is 1. The highest BCUT2D eigenvalue weighted by atomic mass is 79.9. The highest BCUT2D eigenvalue weighted by Crippen LogP contribution is 2.23. The lowest BCUT2D eigenvalue weighted by Gasteiger charge is -2.17. The van der Waals surface area contributed by atoms with Crippen LogP contribution in [0.1, 0.15) is 25.8 Å². The molecule has 6 nitrogen and oxygen atoms in total. The van der Waals surface area contributed by atoms with Gasteiger partial charge in [0.05, 0.1) is 6.21 Å². The number of imide groups is 1. The van der Waals surface area contributed by atoms with Crippen molar-refractivity contribution in [2.24, 2.45) is 5.10 Å². The normalized spacial score (nSPS) is 22.6. The zero-order valence-corrected chi connectivity index (χ0v) is 12.6. The summed E-state index contributed by atoms with van der Waals surface area (Å²) in [6.45, 7) is 3.46. The number of nitrogens with zero attached hydrogens (tertiary/aromatic N) is 2. The highest BCUT2D eigenvalue weighted by molar-refractivity contribution is 9.10. The largest absolute Gasteiger partial charge is 0.507 e. The lowest BCUT2D eigenvalue weighted by molar-refractivity contribution is -0.130. The van der Waals surface area contributed by atoms with E-state index in [1.165, 1.54) is 12.3 Å². The van der Waals surface area contributed by atoms with Crippen molar-refractivity contribution in [3.63, 3.8) is 0 Å². The molecule has 0 aliphatic carbocycles. The van der Waals surface area contributed by atoms with E-state index in [-0.39, 0.29) is 5.75 Å². The highest BCUT2D eigenvalue weighted by Gasteiger charge is 2.46. The van der Waals surface area contributed by atoms with Crippen LogP contribution < -0.4 is 5.32 Å². The van der Waals surface area contributed by atoms with Gasteiger partial charge in [-0.2, -0.15) is 5.10 Å². The third-order valence-electron chi connectivity index (χ3n) is 3.25. The maximum Gasteiger partial charge on any atom is 0.346 e. The first kappa shape index (κ1) is 14.5. The Labute approximate surface area is 124 Å². The minimum Gasteiger partial charge on any atom is -0.507 e. The van der Waals surface area contributed by atoms with E-state index in [1.54, 1.807) is 19.1 Å². The van der Waals surface area contributed by atoms with Crippen molar-refractivity contribution in [3.05, 3.63) is 28.2 Å². The lowest BCUT2D eigenvalue weighted by atomic mass is 10.00. The molecule has 2 N–H and O–H groups in total. The van der Waals surface area contributed by atoms with Crippen molar-refractivity contribution in [3.8, 4) is 5.75 Å². The molecule has 1 fully saturated rings. The zero-order chi connectivity index (χ0) is 14.9. The average molecular weight is 340 g/mol. The molecule has 106 valence electrons. The number of urea groups is 1.